The van der Waals surface area contributed by atoms with E-state index in [4.69, 9.17) is 4.74 Å². The number of ether oxygens (including phenoxy) is 1. The van der Waals surface area contributed by atoms with Crippen molar-refractivity contribution in [3.8, 4) is 5.75 Å². The molecule has 1 aromatic heterocycles. The van der Waals surface area contributed by atoms with Crippen LogP contribution in [0.4, 0.5) is 0 Å². The standard InChI is InChI=1S/C11H10N2O3/c1-16-8-2-3-9-10(7-15)12-13(4-5-14)11(9)6-8/h2-3,5-7H,4H2,1H3. The zero-order valence-corrected chi connectivity index (χ0v) is 8.71. The molecule has 5 heteroatoms. The van der Waals surface area contributed by atoms with Crippen molar-refractivity contribution in [1.29, 1.82) is 0 Å². The fraction of sp³-hybridized carbons (Fsp3) is 0.182. The molecule has 0 N–H and O–H groups in total. The van der Waals surface area contributed by atoms with E-state index in [1.54, 1.807) is 25.3 Å². The molecule has 0 radical (unpaired) electrons. The van der Waals surface area contributed by atoms with Crippen LogP contribution in [0.25, 0.3) is 10.9 Å². The number of hydrogen-bond donors (Lipinski definition) is 0. The van der Waals surface area contributed by atoms with Crippen molar-refractivity contribution in [2.24, 2.45) is 0 Å². The second-order valence-electron chi connectivity index (χ2n) is 3.23. The highest BCUT2D eigenvalue weighted by Crippen LogP contribution is 2.22. The van der Waals surface area contributed by atoms with Crippen LogP contribution < -0.4 is 4.74 Å². The number of rotatable bonds is 4. The van der Waals surface area contributed by atoms with Gasteiger partial charge < -0.3 is 9.53 Å². The number of fused-ring (bicyclic) bond motifs is 1. The Morgan fingerprint density at radius 3 is 2.88 bits per heavy atom. The maximum absolute atomic E-state index is 10.8. The van der Waals surface area contributed by atoms with Gasteiger partial charge in [0.1, 0.15) is 17.7 Å². The third-order valence-corrected chi connectivity index (χ3v) is 2.35. The van der Waals surface area contributed by atoms with E-state index in [0.29, 0.717) is 23.2 Å². The summed E-state index contributed by atoms with van der Waals surface area (Å²) in [5.74, 6) is 0.664. The Balaban J connectivity index is 2.69. The predicted octanol–water partition coefficient (Wildman–Crippen LogP) is 1.06. The van der Waals surface area contributed by atoms with Crippen LogP contribution in [-0.2, 0) is 11.3 Å². The molecule has 0 aliphatic rings. The number of nitrogens with zero attached hydrogens (tertiary/aromatic N) is 2. The second-order valence-corrected chi connectivity index (χ2v) is 3.23. The highest BCUT2D eigenvalue weighted by atomic mass is 16.5. The van der Waals surface area contributed by atoms with E-state index >= 15 is 0 Å². The Bertz CT molecular complexity index is 545. The van der Waals surface area contributed by atoms with Gasteiger partial charge in [-0.3, -0.25) is 9.48 Å². The van der Waals surface area contributed by atoms with Crippen LogP contribution in [0.5, 0.6) is 5.75 Å². The minimum Gasteiger partial charge on any atom is -0.497 e. The topological polar surface area (TPSA) is 61.2 Å². The SMILES string of the molecule is COc1ccc2c(C=O)nn(CC=O)c2c1. The second kappa shape index (κ2) is 4.14. The van der Waals surface area contributed by atoms with E-state index in [-0.39, 0.29) is 6.54 Å². The van der Waals surface area contributed by atoms with Crippen molar-refractivity contribution in [2.75, 3.05) is 7.11 Å². The predicted molar refractivity (Wildman–Crippen MR) is 57.7 cm³/mol. The molecule has 0 saturated heterocycles. The molecule has 0 fully saturated rings. The molecule has 0 aliphatic heterocycles. The number of carbonyl (C=O) groups excluding carboxylic acids is 2. The van der Waals surface area contributed by atoms with Crippen LogP contribution in [0.15, 0.2) is 18.2 Å². The fourth-order valence-electron chi connectivity index (χ4n) is 1.60. The lowest BCUT2D eigenvalue weighted by Crippen LogP contribution is -2.01. The largest absolute Gasteiger partial charge is 0.497 e. The highest BCUT2D eigenvalue weighted by Gasteiger charge is 2.10. The fourth-order valence-corrected chi connectivity index (χ4v) is 1.60. The maximum atomic E-state index is 10.8. The van der Waals surface area contributed by atoms with Gasteiger partial charge in [-0.05, 0) is 12.1 Å². The first-order valence-electron chi connectivity index (χ1n) is 4.73. The monoisotopic (exact) mass is 218 g/mol. The lowest BCUT2D eigenvalue weighted by Gasteiger charge is -2.01. The van der Waals surface area contributed by atoms with Crippen LogP contribution in [-0.4, -0.2) is 29.5 Å². The van der Waals surface area contributed by atoms with Crippen molar-refractivity contribution in [3.63, 3.8) is 0 Å². The molecule has 5 nitrogen and oxygen atoms in total. The molecule has 0 bridgehead atoms. The van der Waals surface area contributed by atoms with Crippen molar-refractivity contribution >= 4 is 23.5 Å². The zero-order valence-electron chi connectivity index (χ0n) is 8.71. The van der Waals surface area contributed by atoms with Gasteiger partial charge in [0.15, 0.2) is 6.29 Å². The summed E-state index contributed by atoms with van der Waals surface area (Å²) in [5.41, 5.74) is 1.05. The summed E-state index contributed by atoms with van der Waals surface area (Å²) in [6.45, 7) is 0.123. The average molecular weight is 218 g/mol. The Morgan fingerprint density at radius 2 is 2.25 bits per heavy atom. The molecule has 0 atom stereocenters. The lowest BCUT2D eigenvalue weighted by molar-refractivity contribution is -0.108. The molecule has 16 heavy (non-hydrogen) atoms. The first-order chi connectivity index (χ1) is 7.80. The van der Waals surface area contributed by atoms with Crippen LogP contribution in [0.1, 0.15) is 10.5 Å². The molecule has 0 spiro atoms. The Hall–Kier alpha value is -2.17. The molecule has 1 heterocycles. The van der Waals surface area contributed by atoms with E-state index < -0.39 is 0 Å². The van der Waals surface area contributed by atoms with E-state index in [9.17, 15) is 9.59 Å². The molecule has 2 rings (SSSR count). The molecular formula is C11H10N2O3. The van der Waals surface area contributed by atoms with Crippen LogP contribution in [0.2, 0.25) is 0 Å². The van der Waals surface area contributed by atoms with Gasteiger partial charge >= 0.3 is 0 Å². The molecule has 82 valence electrons. The summed E-state index contributed by atoms with van der Waals surface area (Å²) < 4.78 is 6.56. The van der Waals surface area contributed by atoms with Crippen molar-refractivity contribution in [2.45, 2.75) is 6.54 Å². The average Bonchev–Trinajstić information content (AvgIpc) is 2.67. The third kappa shape index (κ3) is 1.56. The highest BCUT2D eigenvalue weighted by molar-refractivity contribution is 5.95. The molecule has 0 saturated carbocycles. The van der Waals surface area contributed by atoms with Gasteiger partial charge in [-0.2, -0.15) is 5.10 Å². The van der Waals surface area contributed by atoms with Crippen LogP contribution >= 0.6 is 0 Å². The van der Waals surface area contributed by atoms with Crippen LogP contribution in [0, 0.1) is 0 Å². The van der Waals surface area contributed by atoms with E-state index in [1.807, 2.05) is 0 Å². The minimum atomic E-state index is 0.123. The maximum Gasteiger partial charge on any atom is 0.170 e. The zero-order chi connectivity index (χ0) is 11.5. The van der Waals surface area contributed by atoms with E-state index in [2.05, 4.69) is 5.10 Å². The first kappa shape index (κ1) is 10.4. The van der Waals surface area contributed by atoms with Gasteiger partial charge in [-0.25, -0.2) is 0 Å². The van der Waals surface area contributed by atoms with Crippen molar-refractivity contribution in [3.05, 3.63) is 23.9 Å². The van der Waals surface area contributed by atoms with E-state index in [1.165, 1.54) is 4.68 Å². The van der Waals surface area contributed by atoms with Gasteiger partial charge in [0.2, 0.25) is 0 Å². The van der Waals surface area contributed by atoms with E-state index in [0.717, 1.165) is 11.7 Å². The summed E-state index contributed by atoms with van der Waals surface area (Å²) >= 11 is 0. The number of hydrogen-bond acceptors (Lipinski definition) is 4. The molecule has 2 aromatic rings. The molecule has 0 amide bonds. The Morgan fingerprint density at radius 1 is 1.44 bits per heavy atom. The number of benzene rings is 1. The Labute approximate surface area is 91.6 Å². The number of aromatic nitrogens is 2. The summed E-state index contributed by atoms with van der Waals surface area (Å²) in [6.07, 6.45) is 1.41. The van der Waals surface area contributed by atoms with Crippen molar-refractivity contribution < 1.29 is 14.3 Å². The number of methoxy groups -OCH3 is 1. The lowest BCUT2D eigenvalue weighted by atomic mass is 10.2. The van der Waals surface area contributed by atoms with Gasteiger partial charge in [0.05, 0.1) is 19.2 Å². The summed E-state index contributed by atoms with van der Waals surface area (Å²) in [7, 11) is 1.56. The quantitative estimate of drug-likeness (QED) is 0.720. The third-order valence-electron chi connectivity index (χ3n) is 2.35. The van der Waals surface area contributed by atoms with Gasteiger partial charge in [0, 0.05) is 11.5 Å². The smallest absolute Gasteiger partial charge is 0.170 e. The van der Waals surface area contributed by atoms with Gasteiger partial charge in [-0.1, -0.05) is 0 Å². The molecule has 0 unspecified atom stereocenters. The number of aldehydes is 2. The molecular weight excluding hydrogens is 208 g/mol. The molecule has 1 aromatic carbocycles. The summed E-state index contributed by atoms with van der Waals surface area (Å²) in [4.78, 5) is 21.3. The number of carbonyl (C=O) groups is 2. The minimum absolute atomic E-state index is 0.123. The van der Waals surface area contributed by atoms with Crippen LogP contribution in [0.3, 0.4) is 0 Å². The first-order valence-corrected chi connectivity index (χ1v) is 4.73. The van der Waals surface area contributed by atoms with Crippen molar-refractivity contribution in [1.82, 2.24) is 9.78 Å². The normalized spacial score (nSPS) is 10.3. The molecule has 0 aliphatic carbocycles. The summed E-state index contributed by atoms with van der Waals surface area (Å²) in [6, 6.07) is 5.26. The Kier molecular flexibility index (Phi) is 2.68. The van der Waals surface area contributed by atoms with Gasteiger partial charge in [0.25, 0.3) is 0 Å². The summed E-state index contributed by atoms with van der Waals surface area (Å²) in [5, 5.41) is 4.75. The van der Waals surface area contributed by atoms with Gasteiger partial charge in [-0.15, -0.1) is 0 Å².